The summed E-state index contributed by atoms with van der Waals surface area (Å²) < 4.78 is 0. The van der Waals surface area contributed by atoms with Gasteiger partial charge in [0.1, 0.15) is 5.69 Å². The van der Waals surface area contributed by atoms with Gasteiger partial charge in [0.25, 0.3) is 0 Å². The van der Waals surface area contributed by atoms with Crippen LogP contribution in [-0.2, 0) is 0 Å². The fourth-order valence-electron chi connectivity index (χ4n) is 2.19. The predicted octanol–water partition coefficient (Wildman–Crippen LogP) is 1.37. The van der Waals surface area contributed by atoms with Gasteiger partial charge in [0.05, 0.1) is 6.54 Å². The Labute approximate surface area is 114 Å². The van der Waals surface area contributed by atoms with E-state index in [-0.39, 0.29) is 18.2 Å². The molecule has 1 aliphatic rings. The number of aromatic nitrogens is 1. The minimum absolute atomic E-state index is 0. The zero-order valence-corrected chi connectivity index (χ0v) is 11.4. The van der Waals surface area contributed by atoms with Gasteiger partial charge in [-0.15, -0.1) is 12.4 Å². The number of carbonyl (C=O) groups excluding carboxylic acids is 1. The van der Waals surface area contributed by atoms with Crippen LogP contribution >= 0.6 is 12.4 Å². The normalized spacial score (nSPS) is 17.2. The molecular weight excluding hydrogens is 250 g/mol. The Bertz CT molecular complexity index is 364. The van der Waals surface area contributed by atoms with Crippen LogP contribution in [0.3, 0.4) is 0 Å². The van der Waals surface area contributed by atoms with Gasteiger partial charge >= 0.3 is 0 Å². The lowest BCUT2D eigenvalue weighted by molar-refractivity contribution is 0.0901. The smallest absolute Gasteiger partial charge is 0.195 e. The number of rotatable bonds is 4. The molecule has 0 saturated carbocycles. The highest BCUT2D eigenvalue weighted by Gasteiger charge is 2.20. The third-order valence-electron chi connectivity index (χ3n) is 3.31. The summed E-state index contributed by atoms with van der Waals surface area (Å²) in [5, 5.41) is 3.29. The Balaban J connectivity index is 0.00000162. The van der Waals surface area contributed by atoms with Gasteiger partial charge in [-0.2, -0.15) is 0 Å². The van der Waals surface area contributed by atoms with Crippen LogP contribution in [0.5, 0.6) is 0 Å². The van der Waals surface area contributed by atoms with Crippen molar-refractivity contribution in [2.24, 2.45) is 0 Å². The van der Waals surface area contributed by atoms with E-state index in [2.05, 4.69) is 15.2 Å². The average Bonchev–Trinajstić information content (AvgIpc) is 2.40. The minimum Gasteiger partial charge on any atom is -0.317 e. The lowest BCUT2D eigenvalue weighted by Gasteiger charge is -2.31. The lowest BCUT2D eigenvalue weighted by atomic mass is 10.0. The molecule has 0 aromatic carbocycles. The van der Waals surface area contributed by atoms with Crippen molar-refractivity contribution < 1.29 is 4.79 Å². The van der Waals surface area contributed by atoms with Crippen molar-refractivity contribution in [3.05, 3.63) is 30.1 Å². The molecule has 2 heterocycles. The first-order valence-electron chi connectivity index (χ1n) is 6.13. The maximum Gasteiger partial charge on any atom is 0.195 e. The van der Waals surface area contributed by atoms with Gasteiger partial charge < -0.3 is 5.32 Å². The number of carbonyl (C=O) groups is 1. The maximum atomic E-state index is 11.9. The summed E-state index contributed by atoms with van der Waals surface area (Å²) in [6, 6.07) is 6.07. The van der Waals surface area contributed by atoms with E-state index in [4.69, 9.17) is 0 Å². The number of nitrogens with zero attached hydrogens (tertiary/aromatic N) is 2. The first-order chi connectivity index (χ1) is 8.29. The van der Waals surface area contributed by atoms with Crippen molar-refractivity contribution in [2.45, 2.75) is 18.9 Å². The van der Waals surface area contributed by atoms with Crippen LogP contribution in [-0.4, -0.2) is 48.4 Å². The van der Waals surface area contributed by atoms with E-state index in [1.165, 1.54) is 0 Å². The number of hydrogen-bond donors (Lipinski definition) is 1. The van der Waals surface area contributed by atoms with Crippen LogP contribution < -0.4 is 5.32 Å². The molecule has 0 atom stereocenters. The van der Waals surface area contributed by atoms with Crippen molar-refractivity contribution >= 4 is 18.2 Å². The van der Waals surface area contributed by atoms with Crippen molar-refractivity contribution in [3.8, 4) is 0 Å². The Morgan fingerprint density at radius 3 is 2.72 bits per heavy atom. The molecule has 100 valence electrons. The number of halogens is 1. The van der Waals surface area contributed by atoms with E-state index in [0.29, 0.717) is 18.3 Å². The number of hydrogen-bond acceptors (Lipinski definition) is 4. The first kappa shape index (κ1) is 15.1. The van der Waals surface area contributed by atoms with Crippen molar-refractivity contribution in [2.75, 3.05) is 26.7 Å². The molecule has 4 nitrogen and oxygen atoms in total. The van der Waals surface area contributed by atoms with E-state index in [1.807, 2.05) is 19.2 Å². The van der Waals surface area contributed by atoms with Crippen LogP contribution in [0, 0.1) is 0 Å². The topological polar surface area (TPSA) is 45.2 Å². The second-order valence-electron chi connectivity index (χ2n) is 4.48. The monoisotopic (exact) mass is 269 g/mol. The number of piperidine rings is 1. The van der Waals surface area contributed by atoms with E-state index in [1.54, 1.807) is 12.3 Å². The average molecular weight is 270 g/mol. The van der Waals surface area contributed by atoms with Gasteiger partial charge in [-0.1, -0.05) is 6.07 Å². The molecule has 1 aromatic rings. The summed E-state index contributed by atoms with van der Waals surface area (Å²) >= 11 is 0. The van der Waals surface area contributed by atoms with Gasteiger partial charge in [0, 0.05) is 25.3 Å². The zero-order chi connectivity index (χ0) is 12.1. The summed E-state index contributed by atoms with van der Waals surface area (Å²) in [5.74, 6) is 0.119. The zero-order valence-electron chi connectivity index (χ0n) is 10.6. The van der Waals surface area contributed by atoms with Gasteiger partial charge in [0.2, 0.25) is 0 Å². The summed E-state index contributed by atoms with van der Waals surface area (Å²) in [4.78, 5) is 18.2. The molecule has 0 spiro atoms. The molecule has 1 aromatic heterocycles. The fraction of sp³-hybridized carbons (Fsp3) is 0.538. The molecule has 1 N–H and O–H groups in total. The van der Waals surface area contributed by atoms with Crippen LogP contribution in [0.1, 0.15) is 23.3 Å². The van der Waals surface area contributed by atoms with E-state index in [9.17, 15) is 4.79 Å². The second kappa shape index (κ2) is 7.46. The largest absolute Gasteiger partial charge is 0.317 e. The molecule has 1 fully saturated rings. The number of ketones is 1. The second-order valence-corrected chi connectivity index (χ2v) is 4.48. The number of Topliss-reactive ketones (excluding diaryl/α,β-unsaturated/α-hetero) is 1. The standard InChI is InChI=1S/C13H19N3O.ClH/c1-14-11-5-8-16(9-6-11)10-13(17)12-4-2-3-7-15-12;/h2-4,7,11,14H,5-6,8-10H2,1H3;1H. The summed E-state index contributed by atoms with van der Waals surface area (Å²) in [7, 11) is 2.00. The summed E-state index contributed by atoms with van der Waals surface area (Å²) in [6.45, 7) is 2.47. The predicted molar refractivity (Wildman–Crippen MR) is 74.3 cm³/mol. The highest BCUT2D eigenvalue weighted by atomic mass is 35.5. The van der Waals surface area contributed by atoms with Crippen LogP contribution in [0.15, 0.2) is 24.4 Å². The van der Waals surface area contributed by atoms with E-state index >= 15 is 0 Å². The maximum absolute atomic E-state index is 11.9. The Hall–Kier alpha value is -0.970. The molecule has 2 rings (SSSR count). The van der Waals surface area contributed by atoms with Gasteiger partial charge in [-0.05, 0) is 32.0 Å². The molecule has 0 bridgehead atoms. The Morgan fingerprint density at radius 2 is 2.17 bits per heavy atom. The molecule has 0 aliphatic carbocycles. The van der Waals surface area contributed by atoms with E-state index < -0.39 is 0 Å². The molecule has 1 saturated heterocycles. The number of likely N-dealkylation sites (tertiary alicyclic amines) is 1. The van der Waals surface area contributed by atoms with Crippen molar-refractivity contribution in [3.63, 3.8) is 0 Å². The molecule has 0 amide bonds. The third-order valence-corrected chi connectivity index (χ3v) is 3.31. The highest BCUT2D eigenvalue weighted by molar-refractivity contribution is 5.95. The first-order valence-corrected chi connectivity index (χ1v) is 6.13. The fourth-order valence-corrected chi connectivity index (χ4v) is 2.19. The molecule has 5 heteroatoms. The minimum atomic E-state index is 0. The van der Waals surface area contributed by atoms with Crippen LogP contribution in [0.25, 0.3) is 0 Å². The van der Waals surface area contributed by atoms with E-state index in [0.717, 1.165) is 25.9 Å². The van der Waals surface area contributed by atoms with Gasteiger partial charge in [-0.3, -0.25) is 14.7 Å². The molecule has 0 radical (unpaired) electrons. The van der Waals surface area contributed by atoms with Gasteiger partial charge in [-0.25, -0.2) is 0 Å². The molecular formula is C13H20ClN3O. The van der Waals surface area contributed by atoms with Crippen LogP contribution in [0.4, 0.5) is 0 Å². The van der Waals surface area contributed by atoms with Gasteiger partial charge in [0.15, 0.2) is 5.78 Å². The summed E-state index contributed by atoms with van der Waals surface area (Å²) in [5.41, 5.74) is 0.572. The molecule has 1 aliphatic heterocycles. The van der Waals surface area contributed by atoms with Crippen LogP contribution in [0.2, 0.25) is 0 Å². The lowest BCUT2D eigenvalue weighted by Crippen LogP contribution is -2.43. The molecule has 18 heavy (non-hydrogen) atoms. The highest BCUT2D eigenvalue weighted by Crippen LogP contribution is 2.10. The number of pyridine rings is 1. The van der Waals surface area contributed by atoms with Crippen molar-refractivity contribution in [1.82, 2.24) is 15.2 Å². The Kier molecular flexibility index (Phi) is 6.25. The Morgan fingerprint density at radius 1 is 1.44 bits per heavy atom. The summed E-state index contributed by atoms with van der Waals surface area (Å²) in [6.07, 6.45) is 3.90. The number of nitrogens with one attached hydrogen (secondary N) is 1. The third kappa shape index (κ3) is 4.05. The van der Waals surface area contributed by atoms with Crippen molar-refractivity contribution in [1.29, 1.82) is 0 Å². The molecule has 0 unspecified atom stereocenters. The quantitative estimate of drug-likeness (QED) is 0.839. The SMILES string of the molecule is CNC1CCN(CC(=O)c2ccccn2)CC1.Cl.